The first-order valence-corrected chi connectivity index (χ1v) is 11.2. The maximum absolute atomic E-state index is 12.4. The summed E-state index contributed by atoms with van der Waals surface area (Å²) in [5, 5.41) is 2.41. The van der Waals surface area contributed by atoms with Gasteiger partial charge < -0.3 is 23.7 Å². The number of aromatic nitrogens is 2. The van der Waals surface area contributed by atoms with Crippen LogP contribution in [0, 0.1) is 0 Å². The smallest absolute Gasteiger partial charge is 0.444 e. The van der Waals surface area contributed by atoms with Gasteiger partial charge in [-0.25, -0.2) is 14.4 Å². The van der Waals surface area contributed by atoms with Crippen LogP contribution in [0.15, 0.2) is 47.4 Å². The van der Waals surface area contributed by atoms with E-state index < -0.39 is 30.5 Å². The van der Waals surface area contributed by atoms with Gasteiger partial charge in [0.25, 0.3) is 0 Å². The van der Waals surface area contributed by atoms with Crippen LogP contribution >= 0.6 is 0 Å². The number of amides is 1. The Bertz CT molecular complexity index is 982. The number of rotatable bonds is 11. The molecular formula is C23H29N3O8. The molecule has 34 heavy (non-hydrogen) atoms. The summed E-state index contributed by atoms with van der Waals surface area (Å²) < 4.78 is 27.3. The van der Waals surface area contributed by atoms with Gasteiger partial charge in [0.2, 0.25) is 0 Å². The summed E-state index contributed by atoms with van der Waals surface area (Å²) in [7, 11) is 0. The summed E-state index contributed by atoms with van der Waals surface area (Å²) in [4.78, 5) is 39.8. The number of ether oxygens (including phenoxy) is 5. The van der Waals surface area contributed by atoms with Gasteiger partial charge in [-0.1, -0.05) is 56.5 Å². The monoisotopic (exact) mass is 475 g/mol. The molecular weight excluding hydrogens is 446 g/mol. The zero-order valence-corrected chi connectivity index (χ0v) is 19.0. The van der Waals surface area contributed by atoms with Gasteiger partial charge in [-0.3, -0.25) is 9.88 Å². The molecule has 2 aromatic rings. The average molecular weight is 475 g/mol. The van der Waals surface area contributed by atoms with Crippen molar-refractivity contribution >= 4 is 18.1 Å². The topological polar surface area (TPSA) is 127 Å². The van der Waals surface area contributed by atoms with Crippen molar-refractivity contribution in [1.82, 2.24) is 9.55 Å². The summed E-state index contributed by atoms with van der Waals surface area (Å²) in [6.07, 6.45) is 2.27. The molecule has 11 heteroatoms. The van der Waals surface area contributed by atoms with E-state index in [2.05, 4.69) is 17.2 Å². The fraction of sp³-hybridized carbons (Fsp3) is 0.478. The molecule has 0 radical (unpaired) electrons. The molecule has 1 saturated heterocycles. The standard InChI is InChI=1S/C23H29N3O8/c1-2-3-4-8-13-30-23(29)33-16-20-31-15-19(34-20)26-12-11-18(24-21(26)27)25-22(28)32-14-17-9-6-5-7-10-17/h5-7,9-12,19-20H,2-4,8,13-16H2,1H3,(H,24,25,27,28). The maximum Gasteiger partial charge on any atom is 0.508 e. The molecule has 3 rings (SSSR count). The molecule has 0 spiro atoms. The number of benzene rings is 1. The van der Waals surface area contributed by atoms with E-state index in [0.717, 1.165) is 31.2 Å². The average Bonchev–Trinajstić information content (AvgIpc) is 3.31. The van der Waals surface area contributed by atoms with Gasteiger partial charge >= 0.3 is 17.9 Å². The van der Waals surface area contributed by atoms with Gasteiger partial charge in [-0.05, 0) is 18.1 Å². The van der Waals surface area contributed by atoms with Crippen LogP contribution in [0.2, 0.25) is 0 Å². The van der Waals surface area contributed by atoms with Crippen LogP contribution in [-0.4, -0.2) is 47.9 Å². The summed E-state index contributed by atoms with van der Waals surface area (Å²) in [6.45, 7) is 2.39. The van der Waals surface area contributed by atoms with E-state index in [4.69, 9.17) is 23.7 Å². The fourth-order valence-electron chi connectivity index (χ4n) is 3.10. The zero-order valence-electron chi connectivity index (χ0n) is 19.0. The Morgan fingerprint density at radius 1 is 1.12 bits per heavy atom. The minimum absolute atomic E-state index is 0.0415. The molecule has 2 heterocycles. The van der Waals surface area contributed by atoms with Crippen molar-refractivity contribution in [3.05, 3.63) is 58.6 Å². The molecule has 1 fully saturated rings. The summed E-state index contributed by atoms with van der Waals surface area (Å²) in [5.41, 5.74) is 0.181. The van der Waals surface area contributed by atoms with E-state index in [1.54, 1.807) is 0 Å². The van der Waals surface area contributed by atoms with Gasteiger partial charge in [-0.2, -0.15) is 4.98 Å². The van der Waals surface area contributed by atoms with Gasteiger partial charge in [0.15, 0.2) is 12.5 Å². The number of hydrogen-bond donors (Lipinski definition) is 1. The van der Waals surface area contributed by atoms with Crippen LogP contribution in [0.25, 0.3) is 0 Å². The first kappa shape index (κ1) is 25.2. The lowest BCUT2D eigenvalue weighted by atomic mass is 10.2. The molecule has 1 aromatic carbocycles. The lowest BCUT2D eigenvalue weighted by molar-refractivity contribution is -0.108. The molecule has 1 aliphatic heterocycles. The Morgan fingerprint density at radius 2 is 1.94 bits per heavy atom. The number of anilines is 1. The summed E-state index contributed by atoms with van der Waals surface area (Å²) >= 11 is 0. The molecule has 2 atom stereocenters. The Labute approximate surface area is 196 Å². The third-order valence-electron chi connectivity index (χ3n) is 4.87. The predicted octanol–water partition coefficient (Wildman–Crippen LogP) is 3.60. The van der Waals surface area contributed by atoms with Gasteiger partial charge in [0.05, 0.1) is 13.2 Å². The van der Waals surface area contributed by atoms with Crippen molar-refractivity contribution in [1.29, 1.82) is 0 Å². The number of carbonyl (C=O) groups excluding carboxylic acids is 2. The van der Waals surface area contributed by atoms with E-state index in [9.17, 15) is 14.4 Å². The van der Waals surface area contributed by atoms with Crippen molar-refractivity contribution in [2.24, 2.45) is 0 Å². The van der Waals surface area contributed by atoms with E-state index in [0.29, 0.717) is 6.61 Å². The van der Waals surface area contributed by atoms with Crippen molar-refractivity contribution in [3.8, 4) is 0 Å². The highest BCUT2D eigenvalue weighted by atomic mass is 16.8. The Morgan fingerprint density at radius 3 is 2.71 bits per heavy atom. The number of nitrogens with one attached hydrogen (secondary N) is 1. The van der Waals surface area contributed by atoms with E-state index >= 15 is 0 Å². The Kier molecular flexibility index (Phi) is 9.86. The molecule has 1 N–H and O–H groups in total. The van der Waals surface area contributed by atoms with Gasteiger partial charge in [0, 0.05) is 6.20 Å². The van der Waals surface area contributed by atoms with Gasteiger partial charge in [-0.15, -0.1) is 0 Å². The minimum atomic E-state index is -0.838. The number of unbranched alkanes of at least 4 members (excludes halogenated alkanes) is 3. The highest BCUT2D eigenvalue weighted by Gasteiger charge is 2.29. The second-order valence-corrected chi connectivity index (χ2v) is 7.51. The van der Waals surface area contributed by atoms with Crippen LogP contribution in [0.1, 0.15) is 44.4 Å². The summed E-state index contributed by atoms with van der Waals surface area (Å²) in [6, 6.07) is 10.6. The quantitative estimate of drug-likeness (QED) is 0.383. The molecule has 0 saturated carbocycles. The zero-order chi connectivity index (χ0) is 24.2. The molecule has 1 amide bonds. The van der Waals surface area contributed by atoms with Crippen LogP contribution in [-0.2, 0) is 30.3 Å². The van der Waals surface area contributed by atoms with Crippen molar-refractivity contribution in [2.45, 2.75) is 51.7 Å². The largest absolute Gasteiger partial charge is 0.508 e. The number of nitrogens with zero attached hydrogens (tertiary/aromatic N) is 2. The van der Waals surface area contributed by atoms with E-state index in [-0.39, 0.29) is 25.6 Å². The second kappa shape index (κ2) is 13.3. The molecule has 0 bridgehead atoms. The van der Waals surface area contributed by atoms with Crippen molar-refractivity contribution in [3.63, 3.8) is 0 Å². The molecule has 11 nitrogen and oxygen atoms in total. The Balaban J connectivity index is 1.40. The Hall–Kier alpha value is -3.44. The third-order valence-corrected chi connectivity index (χ3v) is 4.87. The SMILES string of the molecule is CCCCCCOC(=O)OCC1OCC(n2ccc(NC(=O)OCc3ccccc3)nc2=O)O1. The second-order valence-electron chi connectivity index (χ2n) is 7.51. The summed E-state index contributed by atoms with van der Waals surface area (Å²) in [5.74, 6) is 0.0415. The fourth-order valence-corrected chi connectivity index (χ4v) is 3.10. The number of hydrogen-bond acceptors (Lipinski definition) is 9. The first-order chi connectivity index (χ1) is 16.5. The highest BCUT2D eigenvalue weighted by Crippen LogP contribution is 2.20. The minimum Gasteiger partial charge on any atom is -0.444 e. The third kappa shape index (κ3) is 8.16. The highest BCUT2D eigenvalue weighted by molar-refractivity contribution is 5.83. The van der Waals surface area contributed by atoms with Crippen LogP contribution in [0.3, 0.4) is 0 Å². The maximum atomic E-state index is 12.4. The van der Waals surface area contributed by atoms with E-state index in [1.165, 1.54) is 16.8 Å². The van der Waals surface area contributed by atoms with Gasteiger partial charge in [0.1, 0.15) is 19.0 Å². The number of carbonyl (C=O) groups is 2. The molecule has 0 aliphatic carbocycles. The first-order valence-electron chi connectivity index (χ1n) is 11.2. The molecule has 184 valence electrons. The lowest BCUT2D eigenvalue weighted by Crippen LogP contribution is -2.29. The molecule has 1 aliphatic rings. The molecule has 1 aromatic heterocycles. The predicted molar refractivity (Wildman–Crippen MR) is 120 cm³/mol. The normalized spacial score (nSPS) is 17.2. The lowest BCUT2D eigenvalue weighted by Gasteiger charge is -2.14. The molecule has 2 unspecified atom stereocenters. The van der Waals surface area contributed by atoms with Crippen LogP contribution in [0.4, 0.5) is 15.4 Å². The van der Waals surface area contributed by atoms with Crippen LogP contribution in [0.5, 0.6) is 0 Å². The van der Waals surface area contributed by atoms with Crippen LogP contribution < -0.4 is 11.0 Å². The van der Waals surface area contributed by atoms with E-state index in [1.807, 2.05) is 30.3 Å². The van der Waals surface area contributed by atoms with Crippen molar-refractivity contribution in [2.75, 3.05) is 25.1 Å². The van der Waals surface area contributed by atoms with Crippen molar-refractivity contribution < 1.29 is 33.3 Å².